The number of likely N-dealkylation sites (N-methyl/N-ethyl adjacent to an activating group) is 1. The summed E-state index contributed by atoms with van der Waals surface area (Å²) in [6, 6.07) is 14.1. The normalized spacial score (nSPS) is 17.5. The zero-order valence-corrected chi connectivity index (χ0v) is 15.9. The van der Waals surface area contributed by atoms with Gasteiger partial charge in [-0.05, 0) is 57.0 Å². The number of fused-ring (bicyclic) bond motifs is 1. The highest BCUT2D eigenvalue weighted by molar-refractivity contribution is 5.95. The largest absolute Gasteiger partial charge is 0.311 e. The minimum absolute atomic E-state index is 0.127. The number of carbonyl (C=O) groups is 1. The van der Waals surface area contributed by atoms with Crippen molar-refractivity contribution in [1.29, 1.82) is 0 Å². The van der Waals surface area contributed by atoms with E-state index in [1.807, 2.05) is 71.8 Å². The first-order valence-corrected chi connectivity index (χ1v) is 9.58. The van der Waals surface area contributed by atoms with Crippen molar-refractivity contribution >= 4 is 17.2 Å². The second-order valence-corrected chi connectivity index (χ2v) is 7.04. The first kappa shape index (κ1) is 17.7. The maximum atomic E-state index is 13.1. The highest BCUT2D eigenvalue weighted by Crippen LogP contribution is 2.31. The molecule has 140 valence electrons. The standard InChI is InChI=1S/C21H25N5O/c1-3-25(17-10-5-4-9-16(17)2)20(27)15-24-13-8-11-18(24)21-23-22-19-12-6-7-14-26(19)21/h4-7,9-10,12,14,18H,3,8,11,13,15H2,1-2H3/t18-/m0/s1. The molecule has 0 spiro atoms. The van der Waals surface area contributed by atoms with Crippen LogP contribution in [0.5, 0.6) is 0 Å². The smallest absolute Gasteiger partial charge is 0.241 e. The molecule has 1 aliphatic rings. The lowest BCUT2D eigenvalue weighted by Crippen LogP contribution is -2.40. The second-order valence-electron chi connectivity index (χ2n) is 7.04. The van der Waals surface area contributed by atoms with E-state index in [2.05, 4.69) is 15.1 Å². The zero-order chi connectivity index (χ0) is 18.8. The van der Waals surface area contributed by atoms with Gasteiger partial charge in [0, 0.05) is 18.4 Å². The van der Waals surface area contributed by atoms with Crippen molar-refractivity contribution in [1.82, 2.24) is 19.5 Å². The van der Waals surface area contributed by atoms with E-state index < -0.39 is 0 Å². The molecule has 1 amide bonds. The van der Waals surface area contributed by atoms with Gasteiger partial charge in [-0.15, -0.1) is 10.2 Å². The minimum Gasteiger partial charge on any atom is -0.311 e. The number of nitrogens with zero attached hydrogens (tertiary/aromatic N) is 5. The number of aromatic nitrogens is 3. The summed E-state index contributed by atoms with van der Waals surface area (Å²) in [6.07, 6.45) is 4.06. The number of likely N-dealkylation sites (tertiary alicyclic amines) is 1. The molecule has 2 aromatic heterocycles. The minimum atomic E-state index is 0.127. The molecule has 0 saturated carbocycles. The van der Waals surface area contributed by atoms with Crippen LogP contribution < -0.4 is 4.90 Å². The van der Waals surface area contributed by atoms with Crippen molar-refractivity contribution < 1.29 is 4.79 Å². The number of amides is 1. The van der Waals surface area contributed by atoms with Crippen molar-refractivity contribution in [3.63, 3.8) is 0 Å². The number of hydrogen-bond acceptors (Lipinski definition) is 4. The summed E-state index contributed by atoms with van der Waals surface area (Å²) in [6.45, 7) is 6.04. The van der Waals surface area contributed by atoms with E-state index in [1.54, 1.807) is 0 Å². The van der Waals surface area contributed by atoms with Gasteiger partial charge >= 0.3 is 0 Å². The SMILES string of the molecule is CCN(C(=O)CN1CCC[C@H]1c1nnc2ccccn12)c1ccccc1C. The van der Waals surface area contributed by atoms with Crippen LogP contribution in [-0.2, 0) is 4.79 Å². The van der Waals surface area contributed by atoms with Crippen molar-refractivity contribution in [2.75, 3.05) is 24.5 Å². The van der Waals surface area contributed by atoms with Crippen LogP contribution in [0, 0.1) is 6.92 Å². The summed E-state index contributed by atoms with van der Waals surface area (Å²) in [4.78, 5) is 17.2. The molecule has 0 bridgehead atoms. The highest BCUT2D eigenvalue weighted by Gasteiger charge is 2.32. The van der Waals surface area contributed by atoms with Gasteiger partial charge < -0.3 is 4.90 Å². The lowest BCUT2D eigenvalue weighted by Gasteiger charge is -2.28. The molecule has 1 saturated heterocycles. The predicted octanol–water partition coefficient (Wildman–Crippen LogP) is 3.23. The Kier molecular flexibility index (Phi) is 4.90. The summed E-state index contributed by atoms with van der Waals surface area (Å²) >= 11 is 0. The number of hydrogen-bond donors (Lipinski definition) is 0. The van der Waals surface area contributed by atoms with Crippen molar-refractivity contribution in [3.05, 3.63) is 60.0 Å². The van der Waals surface area contributed by atoms with Gasteiger partial charge in [0.2, 0.25) is 5.91 Å². The average Bonchev–Trinajstić information content (AvgIpc) is 3.30. The monoisotopic (exact) mass is 363 g/mol. The van der Waals surface area contributed by atoms with Crippen LogP contribution in [0.4, 0.5) is 5.69 Å². The van der Waals surface area contributed by atoms with E-state index in [4.69, 9.17) is 0 Å². The molecule has 4 rings (SSSR count). The van der Waals surface area contributed by atoms with E-state index in [-0.39, 0.29) is 11.9 Å². The summed E-state index contributed by atoms with van der Waals surface area (Å²) in [7, 11) is 0. The predicted molar refractivity (Wildman–Crippen MR) is 106 cm³/mol. The molecule has 1 atom stereocenters. The van der Waals surface area contributed by atoms with Gasteiger partial charge in [-0.25, -0.2) is 0 Å². The van der Waals surface area contributed by atoms with Crippen LogP contribution in [0.2, 0.25) is 0 Å². The fourth-order valence-electron chi connectivity index (χ4n) is 4.00. The topological polar surface area (TPSA) is 53.7 Å². The van der Waals surface area contributed by atoms with Gasteiger partial charge in [0.25, 0.3) is 0 Å². The summed E-state index contributed by atoms with van der Waals surface area (Å²) in [5, 5.41) is 8.70. The first-order valence-electron chi connectivity index (χ1n) is 9.58. The maximum absolute atomic E-state index is 13.1. The van der Waals surface area contributed by atoms with Crippen LogP contribution >= 0.6 is 0 Å². The van der Waals surface area contributed by atoms with Crippen LogP contribution in [0.25, 0.3) is 5.65 Å². The summed E-state index contributed by atoms with van der Waals surface area (Å²) in [5.74, 6) is 1.06. The quantitative estimate of drug-likeness (QED) is 0.698. The van der Waals surface area contributed by atoms with Crippen molar-refractivity contribution in [3.8, 4) is 0 Å². The van der Waals surface area contributed by atoms with E-state index >= 15 is 0 Å². The Bertz CT molecular complexity index is 950. The van der Waals surface area contributed by atoms with Crippen LogP contribution in [0.1, 0.15) is 37.2 Å². The van der Waals surface area contributed by atoms with Gasteiger partial charge in [-0.1, -0.05) is 24.3 Å². The molecule has 1 aliphatic heterocycles. The second kappa shape index (κ2) is 7.48. The maximum Gasteiger partial charge on any atom is 0.241 e. The number of aryl methyl sites for hydroxylation is 1. The van der Waals surface area contributed by atoms with E-state index in [0.29, 0.717) is 13.1 Å². The fraction of sp³-hybridized carbons (Fsp3) is 0.381. The molecular formula is C21H25N5O. The third-order valence-corrected chi connectivity index (χ3v) is 5.36. The number of para-hydroxylation sites is 1. The Labute approximate surface area is 159 Å². The fourth-order valence-corrected chi connectivity index (χ4v) is 4.00. The molecule has 0 radical (unpaired) electrons. The third kappa shape index (κ3) is 3.32. The van der Waals surface area contributed by atoms with Crippen LogP contribution in [-0.4, -0.2) is 45.0 Å². The molecule has 6 nitrogen and oxygen atoms in total. The van der Waals surface area contributed by atoms with Gasteiger partial charge in [-0.2, -0.15) is 0 Å². The molecule has 0 N–H and O–H groups in total. The number of pyridine rings is 1. The molecule has 3 aromatic rings. The molecular weight excluding hydrogens is 338 g/mol. The summed E-state index contributed by atoms with van der Waals surface area (Å²) in [5.41, 5.74) is 2.96. The average molecular weight is 363 g/mol. The van der Waals surface area contributed by atoms with Crippen molar-refractivity contribution in [2.45, 2.75) is 32.7 Å². The first-order chi connectivity index (χ1) is 13.2. The Morgan fingerprint density at radius 1 is 1.19 bits per heavy atom. The Morgan fingerprint density at radius 2 is 2.00 bits per heavy atom. The number of benzene rings is 1. The van der Waals surface area contributed by atoms with E-state index in [9.17, 15) is 4.79 Å². The van der Waals surface area contributed by atoms with Gasteiger partial charge in [0.15, 0.2) is 11.5 Å². The molecule has 3 heterocycles. The van der Waals surface area contributed by atoms with Gasteiger partial charge in [0.1, 0.15) is 0 Å². The molecule has 6 heteroatoms. The Morgan fingerprint density at radius 3 is 2.81 bits per heavy atom. The Balaban J connectivity index is 1.56. The molecule has 27 heavy (non-hydrogen) atoms. The van der Waals surface area contributed by atoms with E-state index in [0.717, 1.165) is 42.1 Å². The van der Waals surface area contributed by atoms with Crippen molar-refractivity contribution in [2.24, 2.45) is 0 Å². The van der Waals surface area contributed by atoms with Gasteiger partial charge in [0.05, 0.1) is 12.6 Å². The molecule has 0 aliphatic carbocycles. The van der Waals surface area contributed by atoms with Crippen LogP contribution in [0.15, 0.2) is 48.7 Å². The molecule has 1 aromatic carbocycles. The van der Waals surface area contributed by atoms with E-state index in [1.165, 1.54) is 0 Å². The van der Waals surface area contributed by atoms with Crippen LogP contribution in [0.3, 0.4) is 0 Å². The lowest BCUT2D eigenvalue weighted by atomic mass is 10.1. The number of carbonyl (C=O) groups excluding carboxylic acids is 1. The Hall–Kier alpha value is -2.73. The summed E-state index contributed by atoms with van der Waals surface area (Å²) < 4.78 is 2.03. The zero-order valence-electron chi connectivity index (χ0n) is 15.9. The molecule has 0 unspecified atom stereocenters. The molecule has 1 fully saturated rings. The number of anilines is 1. The highest BCUT2D eigenvalue weighted by atomic mass is 16.2. The number of rotatable bonds is 5. The van der Waals surface area contributed by atoms with Gasteiger partial charge in [-0.3, -0.25) is 14.1 Å². The third-order valence-electron chi connectivity index (χ3n) is 5.36. The lowest BCUT2D eigenvalue weighted by molar-refractivity contribution is -0.120.